The molecule has 0 atom stereocenters. The van der Waals surface area contributed by atoms with E-state index < -0.39 is 12.4 Å². The maximum atomic E-state index is 12.0. The van der Waals surface area contributed by atoms with Crippen molar-refractivity contribution in [2.75, 3.05) is 11.5 Å². The molecule has 5 heteroatoms. The van der Waals surface area contributed by atoms with Gasteiger partial charge in [-0.2, -0.15) is 11.8 Å². The largest absolute Gasteiger partial charge is 0.505 e. The van der Waals surface area contributed by atoms with Gasteiger partial charge in [-0.25, -0.2) is 0 Å². The Morgan fingerprint density at radius 3 is 2.31 bits per heavy atom. The lowest BCUT2D eigenvalue weighted by Crippen LogP contribution is -2.20. The Bertz CT molecular complexity index is 165. The van der Waals surface area contributed by atoms with E-state index in [-0.39, 0.29) is 5.75 Å². The molecule has 0 radical (unpaired) electrons. The van der Waals surface area contributed by atoms with E-state index in [1.54, 1.807) is 0 Å². The maximum Gasteiger partial charge on any atom is 0.505 e. The molecule has 13 heavy (non-hydrogen) atoms. The Morgan fingerprint density at radius 2 is 1.92 bits per heavy atom. The van der Waals surface area contributed by atoms with Crippen LogP contribution in [-0.4, -0.2) is 18.5 Å². The molecule has 0 saturated heterocycles. The Labute approximate surface area is 82.0 Å². The van der Waals surface area contributed by atoms with Crippen molar-refractivity contribution in [1.29, 1.82) is 0 Å². The highest BCUT2D eigenvalue weighted by atomic mass is 32.2. The Balaban J connectivity index is 3.49. The van der Waals surface area contributed by atoms with E-state index in [1.165, 1.54) is 11.8 Å². The van der Waals surface area contributed by atoms with Gasteiger partial charge in [-0.1, -0.05) is 13.8 Å². The molecule has 0 nitrogen and oxygen atoms in total. The molecule has 0 N–H and O–H groups in total. The Kier molecular flexibility index (Phi) is 5.60. The zero-order chi connectivity index (χ0) is 10.5. The number of thioether (sulfide) groups is 1. The van der Waals surface area contributed by atoms with Gasteiger partial charge in [-0.3, -0.25) is 0 Å². The van der Waals surface area contributed by atoms with Crippen molar-refractivity contribution < 1.29 is 12.9 Å². The lowest BCUT2D eigenvalue weighted by Gasteiger charge is -2.17. The van der Waals surface area contributed by atoms with Gasteiger partial charge in [0, 0.05) is 0 Å². The van der Waals surface area contributed by atoms with Crippen LogP contribution >= 0.6 is 11.8 Å². The van der Waals surface area contributed by atoms with Gasteiger partial charge in [0.25, 0.3) is 0 Å². The topological polar surface area (TPSA) is 0 Å². The third kappa shape index (κ3) is 7.05. The molecule has 0 heterocycles. The van der Waals surface area contributed by atoms with Gasteiger partial charge in [0.15, 0.2) is 0 Å². The number of halogens is 3. The van der Waals surface area contributed by atoms with Crippen molar-refractivity contribution in [3.8, 4) is 0 Å². The van der Waals surface area contributed by atoms with Crippen LogP contribution in [0.15, 0.2) is 12.1 Å². The van der Waals surface area contributed by atoms with E-state index in [4.69, 9.17) is 0 Å². The molecule has 0 aromatic carbocycles. The van der Waals surface area contributed by atoms with Crippen LogP contribution in [0, 0.1) is 5.92 Å². The van der Waals surface area contributed by atoms with Gasteiger partial charge < -0.3 is 12.9 Å². The van der Waals surface area contributed by atoms with Crippen LogP contribution in [0.1, 0.15) is 20.3 Å². The fraction of sp³-hybridized carbons (Fsp3) is 0.750. The van der Waals surface area contributed by atoms with Crippen molar-refractivity contribution >= 4 is 18.7 Å². The lowest BCUT2D eigenvalue weighted by atomic mass is 9.82. The number of rotatable bonds is 6. The molecule has 0 aliphatic rings. The first-order chi connectivity index (χ1) is 5.84. The molecule has 0 aromatic heterocycles. The Morgan fingerprint density at radius 1 is 1.38 bits per heavy atom. The molecular weight excluding hydrogens is 196 g/mol. The summed E-state index contributed by atoms with van der Waals surface area (Å²) in [6.45, 7) is 2.32. The van der Waals surface area contributed by atoms with Crippen LogP contribution in [-0.2, 0) is 0 Å². The summed E-state index contributed by atoms with van der Waals surface area (Å²) in [6, 6.07) is 0. The predicted molar refractivity (Wildman–Crippen MR) is 55.0 cm³/mol. The molecule has 0 unspecified atom stereocenters. The summed E-state index contributed by atoms with van der Waals surface area (Å²) in [5, 5.41) is 0. The van der Waals surface area contributed by atoms with Gasteiger partial charge in [-0.05, 0) is 23.8 Å². The predicted octanol–water partition coefficient (Wildman–Crippen LogP) is 3.71. The first kappa shape index (κ1) is 12.9. The van der Waals surface area contributed by atoms with E-state index in [0.717, 1.165) is 12.2 Å². The summed E-state index contributed by atoms with van der Waals surface area (Å²) in [5.74, 6) is 1.36. The average Bonchev–Trinajstić information content (AvgIpc) is 1.95. The SMILES string of the molecule is C=C(CSCCC(C)C)[B-](F)(F)F. The molecule has 0 saturated carbocycles. The van der Waals surface area contributed by atoms with E-state index in [1.807, 2.05) is 0 Å². The molecule has 0 aliphatic carbocycles. The van der Waals surface area contributed by atoms with E-state index in [0.29, 0.717) is 5.92 Å². The second-order valence-corrected chi connectivity index (χ2v) is 4.57. The van der Waals surface area contributed by atoms with Crippen LogP contribution < -0.4 is 0 Å². The minimum absolute atomic E-state index is 0.0240. The van der Waals surface area contributed by atoms with Crippen molar-refractivity contribution in [3.05, 3.63) is 12.1 Å². The van der Waals surface area contributed by atoms with Crippen molar-refractivity contribution in [3.63, 3.8) is 0 Å². The summed E-state index contributed by atoms with van der Waals surface area (Å²) >= 11 is 1.31. The quantitative estimate of drug-likeness (QED) is 0.476. The first-order valence-corrected chi connectivity index (χ1v) is 5.45. The fourth-order valence-corrected chi connectivity index (χ4v) is 1.85. The number of hydrogen-bond acceptors (Lipinski definition) is 1. The van der Waals surface area contributed by atoms with Crippen molar-refractivity contribution in [2.24, 2.45) is 5.92 Å². The second kappa shape index (κ2) is 5.63. The molecule has 0 amide bonds. The van der Waals surface area contributed by atoms with Crippen LogP contribution in [0.4, 0.5) is 12.9 Å². The highest BCUT2D eigenvalue weighted by molar-refractivity contribution is 7.99. The van der Waals surface area contributed by atoms with Gasteiger partial charge >= 0.3 is 6.98 Å². The lowest BCUT2D eigenvalue weighted by molar-refractivity contribution is 0.491. The zero-order valence-electron chi connectivity index (χ0n) is 8.03. The molecule has 0 fully saturated rings. The minimum atomic E-state index is -4.82. The summed E-state index contributed by atoms with van der Waals surface area (Å²) in [4.78, 5) is 0. The minimum Gasteiger partial charge on any atom is -0.445 e. The molecular formula is C8H15BF3S-. The van der Waals surface area contributed by atoms with Gasteiger partial charge in [0.2, 0.25) is 0 Å². The van der Waals surface area contributed by atoms with Crippen molar-refractivity contribution in [1.82, 2.24) is 0 Å². The fourth-order valence-electron chi connectivity index (χ4n) is 0.617. The third-order valence-electron chi connectivity index (χ3n) is 1.59. The molecule has 0 spiro atoms. The first-order valence-electron chi connectivity index (χ1n) is 4.29. The van der Waals surface area contributed by atoms with Crippen LogP contribution in [0.2, 0.25) is 0 Å². The highest BCUT2D eigenvalue weighted by Crippen LogP contribution is 2.22. The van der Waals surface area contributed by atoms with Crippen LogP contribution in [0.3, 0.4) is 0 Å². The van der Waals surface area contributed by atoms with E-state index in [9.17, 15) is 12.9 Å². The van der Waals surface area contributed by atoms with Gasteiger partial charge in [-0.15, -0.1) is 12.1 Å². The van der Waals surface area contributed by atoms with Gasteiger partial charge in [0.1, 0.15) is 0 Å². The zero-order valence-corrected chi connectivity index (χ0v) is 8.84. The van der Waals surface area contributed by atoms with Crippen molar-refractivity contribution in [2.45, 2.75) is 20.3 Å². The smallest absolute Gasteiger partial charge is 0.445 e. The summed E-state index contributed by atoms with van der Waals surface area (Å²) in [5.41, 5.74) is -0.575. The average molecular weight is 211 g/mol. The van der Waals surface area contributed by atoms with Crippen LogP contribution in [0.5, 0.6) is 0 Å². The second-order valence-electron chi connectivity index (χ2n) is 3.47. The summed E-state index contributed by atoms with van der Waals surface area (Å²) < 4.78 is 36.0. The summed E-state index contributed by atoms with van der Waals surface area (Å²) in [7, 11) is 0. The molecule has 0 aromatic rings. The molecule has 0 rings (SSSR count). The van der Waals surface area contributed by atoms with E-state index >= 15 is 0 Å². The monoisotopic (exact) mass is 211 g/mol. The maximum absolute atomic E-state index is 12.0. The Hall–Kier alpha value is -0.0551. The third-order valence-corrected chi connectivity index (χ3v) is 2.69. The normalized spacial score (nSPS) is 12.2. The molecule has 0 bridgehead atoms. The van der Waals surface area contributed by atoms with Crippen LogP contribution in [0.25, 0.3) is 0 Å². The summed E-state index contributed by atoms with van der Waals surface area (Å²) in [6.07, 6.45) is 0.961. The standard InChI is InChI=1S/C8H15BF3S/c1-7(2)4-5-13-6-8(3)9(10,11)12/h7H,3-6H2,1-2H3/q-1. The molecule has 0 aliphatic heterocycles. The number of hydrogen-bond donors (Lipinski definition) is 0. The van der Waals surface area contributed by atoms with E-state index in [2.05, 4.69) is 20.4 Å². The van der Waals surface area contributed by atoms with Gasteiger partial charge in [0.05, 0.1) is 0 Å². The molecule has 78 valence electrons. The highest BCUT2D eigenvalue weighted by Gasteiger charge is 2.25.